The molecule has 0 aliphatic carbocycles. The summed E-state index contributed by atoms with van der Waals surface area (Å²) >= 11 is 0. The molecule has 0 aromatic heterocycles. The van der Waals surface area contributed by atoms with Gasteiger partial charge in [0.05, 0.1) is 18.3 Å². The summed E-state index contributed by atoms with van der Waals surface area (Å²) in [4.78, 5) is 12.2. The van der Waals surface area contributed by atoms with Gasteiger partial charge in [-0.25, -0.2) is 0 Å². The second-order valence-electron chi connectivity index (χ2n) is 6.60. The van der Waals surface area contributed by atoms with Crippen molar-refractivity contribution in [1.82, 2.24) is 0 Å². The van der Waals surface area contributed by atoms with Gasteiger partial charge in [-0.3, -0.25) is 4.79 Å². The number of rotatable bonds is 11. The number of Topliss-reactive ketones (excluding diaryl/α,β-unsaturated/α-hetero) is 1. The predicted octanol–water partition coefficient (Wildman–Crippen LogP) is 3.11. The van der Waals surface area contributed by atoms with Gasteiger partial charge in [0.15, 0.2) is 0 Å². The van der Waals surface area contributed by atoms with Crippen LogP contribution in [0.4, 0.5) is 0 Å². The molecule has 0 bridgehead atoms. The summed E-state index contributed by atoms with van der Waals surface area (Å²) in [6, 6.07) is 0. The number of aliphatic hydroxyl groups excluding tert-OH is 2. The monoisotopic (exact) mass is 314 g/mol. The lowest BCUT2D eigenvalue weighted by molar-refractivity contribution is -0.125. The van der Waals surface area contributed by atoms with Gasteiger partial charge < -0.3 is 14.9 Å². The van der Waals surface area contributed by atoms with Crippen molar-refractivity contribution in [1.29, 1.82) is 0 Å². The fraction of sp³-hybridized carbons (Fsp3) is 0.833. The molecule has 0 aromatic carbocycles. The van der Waals surface area contributed by atoms with Gasteiger partial charge in [-0.15, -0.1) is 0 Å². The number of ketones is 1. The first kappa shape index (κ1) is 21.3. The molecule has 5 atom stereocenters. The topological polar surface area (TPSA) is 66.8 Å². The van der Waals surface area contributed by atoms with Gasteiger partial charge in [-0.05, 0) is 46.0 Å². The second-order valence-corrected chi connectivity index (χ2v) is 6.60. The van der Waals surface area contributed by atoms with Crippen LogP contribution in [0.5, 0.6) is 0 Å². The van der Waals surface area contributed by atoms with Crippen molar-refractivity contribution < 1.29 is 19.7 Å². The Bertz CT molecular complexity index is 349. The number of hydrogen-bond donors (Lipinski definition) is 2. The first-order valence-electron chi connectivity index (χ1n) is 8.30. The van der Waals surface area contributed by atoms with E-state index in [-0.39, 0.29) is 24.2 Å². The number of methoxy groups -OCH3 is 1. The van der Waals surface area contributed by atoms with Crippen LogP contribution < -0.4 is 0 Å². The van der Waals surface area contributed by atoms with Crippen LogP contribution in [0.25, 0.3) is 0 Å². The first-order chi connectivity index (χ1) is 10.2. The molecule has 0 aliphatic heterocycles. The Kier molecular flexibility index (Phi) is 10.6. The van der Waals surface area contributed by atoms with Gasteiger partial charge in [0, 0.05) is 19.4 Å². The summed E-state index contributed by atoms with van der Waals surface area (Å²) in [6.45, 7) is 9.77. The van der Waals surface area contributed by atoms with Gasteiger partial charge in [0.1, 0.15) is 5.78 Å². The predicted molar refractivity (Wildman–Crippen MR) is 89.7 cm³/mol. The average molecular weight is 314 g/mol. The average Bonchev–Trinajstić information content (AvgIpc) is 2.43. The lowest BCUT2D eigenvalue weighted by Gasteiger charge is -2.19. The van der Waals surface area contributed by atoms with Crippen molar-refractivity contribution in [3.05, 3.63) is 11.6 Å². The Morgan fingerprint density at radius 1 is 1.18 bits per heavy atom. The fourth-order valence-corrected chi connectivity index (χ4v) is 2.67. The second kappa shape index (κ2) is 10.9. The number of allylic oxidation sites excluding steroid dienone is 2. The van der Waals surface area contributed by atoms with Crippen molar-refractivity contribution in [3.63, 3.8) is 0 Å². The molecular formula is C18H34O4. The molecule has 0 aliphatic rings. The molecule has 130 valence electrons. The van der Waals surface area contributed by atoms with Crippen LogP contribution in [0.3, 0.4) is 0 Å². The van der Waals surface area contributed by atoms with Crippen LogP contribution in [0.2, 0.25) is 0 Å². The molecule has 0 aromatic rings. The molecule has 0 saturated heterocycles. The van der Waals surface area contributed by atoms with E-state index >= 15 is 0 Å². The third kappa shape index (κ3) is 8.66. The Labute approximate surface area is 135 Å². The fourth-order valence-electron chi connectivity index (χ4n) is 2.67. The van der Waals surface area contributed by atoms with Crippen molar-refractivity contribution in [2.45, 2.75) is 78.6 Å². The number of hydrogen-bond acceptors (Lipinski definition) is 4. The van der Waals surface area contributed by atoms with E-state index in [0.29, 0.717) is 12.3 Å². The molecule has 2 N–H and O–H groups in total. The lowest BCUT2D eigenvalue weighted by Crippen LogP contribution is -2.28. The minimum atomic E-state index is -0.975. The summed E-state index contributed by atoms with van der Waals surface area (Å²) in [6.07, 6.45) is 3.07. The molecule has 0 fully saturated rings. The zero-order valence-corrected chi connectivity index (χ0v) is 15.0. The summed E-state index contributed by atoms with van der Waals surface area (Å²) in [5.41, 5.74) is 1.20. The quantitative estimate of drug-likeness (QED) is 0.575. The summed E-state index contributed by atoms with van der Waals surface area (Å²) in [5, 5.41) is 18.9. The van der Waals surface area contributed by atoms with E-state index in [1.54, 1.807) is 7.11 Å². The summed E-state index contributed by atoms with van der Waals surface area (Å²) in [5.74, 6) is 0.315. The van der Waals surface area contributed by atoms with E-state index < -0.39 is 12.2 Å². The summed E-state index contributed by atoms with van der Waals surface area (Å²) in [7, 11) is 1.72. The molecule has 4 nitrogen and oxygen atoms in total. The van der Waals surface area contributed by atoms with Gasteiger partial charge in [-0.1, -0.05) is 25.5 Å². The van der Waals surface area contributed by atoms with Crippen molar-refractivity contribution in [2.75, 3.05) is 7.11 Å². The molecule has 0 heterocycles. The van der Waals surface area contributed by atoms with Crippen molar-refractivity contribution >= 4 is 5.78 Å². The first-order valence-corrected chi connectivity index (χ1v) is 8.30. The highest BCUT2D eigenvalue weighted by Crippen LogP contribution is 2.21. The number of carbonyl (C=O) groups is 1. The van der Waals surface area contributed by atoms with Crippen LogP contribution in [0, 0.1) is 11.8 Å². The van der Waals surface area contributed by atoms with Crippen LogP contribution in [-0.2, 0) is 9.53 Å². The van der Waals surface area contributed by atoms with Crippen molar-refractivity contribution in [2.24, 2.45) is 11.8 Å². The highest BCUT2D eigenvalue weighted by molar-refractivity contribution is 5.83. The van der Waals surface area contributed by atoms with Gasteiger partial charge in [0.25, 0.3) is 0 Å². The molecule has 5 unspecified atom stereocenters. The van der Waals surface area contributed by atoms with Crippen LogP contribution in [0.15, 0.2) is 11.6 Å². The molecule has 0 saturated carbocycles. The molecule has 22 heavy (non-hydrogen) atoms. The number of ether oxygens (including phenoxy) is 1. The van der Waals surface area contributed by atoms with E-state index in [1.165, 1.54) is 12.5 Å². The van der Waals surface area contributed by atoms with E-state index in [9.17, 15) is 15.0 Å². The third-order valence-electron chi connectivity index (χ3n) is 4.11. The van der Waals surface area contributed by atoms with Crippen LogP contribution >= 0.6 is 0 Å². The van der Waals surface area contributed by atoms with E-state index in [1.807, 2.05) is 13.0 Å². The number of carbonyl (C=O) groups excluding carboxylic acids is 1. The lowest BCUT2D eigenvalue weighted by atomic mass is 9.90. The molecular weight excluding hydrogens is 280 g/mol. The summed E-state index contributed by atoms with van der Waals surface area (Å²) < 4.78 is 5.28. The smallest absolute Gasteiger partial charge is 0.142 e. The van der Waals surface area contributed by atoms with Gasteiger partial charge in [-0.2, -0.15) is 0 Å². The molecule has 0 amide bonds. The molecule has 0 radical (unpaired) electrons. The zero-order valence-electron chi connectivity index (χ0n) is 15.0. The number of aliphatic hydroxyl groups is 2. The molecule has 0 rings (SSSR count). The standard InChI is InChI=1S/C18H34O4/c1-7-16(18(21)11-17(20)15(5)19)10-13(3)8-12(2)9-14(4)22-6/h10,12,14-17,19-20H,7-9,11H2,1-6H3/b13-10+. The van der Waals surface area contributed by atoms with Gasteiger partial charge >= 0.3 is 0 Å². The van der Waals surface area contributed by atoms with E-state index in [2.05, 4.69) is 20.8 Å². The Balaban J connectivity index is 4.58. The van der Waals surface area contributed by atoms with Crippen LogP contribution in [0.1, 0.15) is 60.3 Å². The van der Waals surface area contributed by atoms with E-state index in [0.717, 1.165) is 12.8 Å². The minimum Gasteiger partial charge on any atom is -0.391 e. The zero-order chi connectivity index (χ0) is 17.3. The van der Waals surface area contributed by atoms with Crippen LogP contribution in [-0.4, -0.2) is 41.4 Å². The van der Waals surface area contributed by atoms with Gasteiger partial charge in [0.2, 0.25) is 0 Å². The minimum absolute atomic E-state index is 0.00633. The third-order valence-corrected chi connectivity index (χ3v) is 4.11. The van der Waals surface area contributed by atoms with Crippen molar-refractivity contribution in [3.8, 4) is 0 Å². The normalized spacial score (nSPS) is 19.4. The Morgan fingerprint density at radius 3 is 2.23 bits per heavy atom. The maximum Gasteiger partial charge on any atom is 0.142 e. The van der Waals surface area contributed by atoms with E-state index in [4.69, 9.17) is 4.74 Å². The molecule has 4 heteroatoms. The maximum atomic E-state index is 12.2. The maximum absolute atomic E-state index is 12.2. The molecule has 0 spiro atoms. The Hall–Kier alpha value is -0.710. The largest absolute Gasteiger partial charge is 0.391 e. The SMILES string of the molecule is CCC(/C=C(\C)CC(C)CC(C)OC)C(=O)CC(O)C(C)O. The Morgan fingerprint density at radius 2 is 1.77 bits per heavy atom. The highest BCUT2D eigenvalue weighted by Gasteiger charge is 2.21. The highest BCUT2D eigenvalue weighted by atomic mass is 16.5.